The first-order valence-corrected chi connectivity index (χ1v) is 4.60. The van der Waals surface area contributed by atoms with Gasteiger partial charge in [0, 0.05) is 30.4 Å². The summed E-state index contributed by atoms with van der Waals surface area (Å²) in [4.78, 5) is 13.2. The van der Waals surface area contributed by atoms with Crippen LogP contribution in [0.2, 0.25) is 0 Å². The second-order valence-electron chi connectivity index (χ2n) is 3.53. The lowest BCUT2D eigenvalue weighted by atomic mass is 10.1. The second-order valence-corrected chi connectivity index (χ2v) is 3.53. The molecule has 76 valence electrons. The molecule has 1 amide bonds. The van der Waals surface area contributed by atoms with E-state index in [-0.39, 0.29) is 5.91 Å². The zero-order chi connectivity index (χ0) is 10.8. The fourth-order valence-electron chi connectivity index (χ4n) is 1.39. The van der Waals surface area contributed by atoms with E-state index in [2.05, 4.69) is 10.2 Å². The summed E-state index contributed by atoms with van der Waals surface area (Å²) in [7, 11) is 3.47. The highest BCUT2D eigenvalue weighted by molar-refractivity contribution is 5.97. The molecule has 0 aliphatic heterocycles. The van der Waals surface area contributed by atoms with Gasteiger partial charge in [0.25, 0.3) is 5.91 Å². The molecule has 1 aromatic carbocycles. The predicted octanol–water partition coefficient (Wildman–Crippen LogP) is 1.33. The lowest BCUT2D eigenvalue weighted by molar-refractivity contribution is 0.0828. The molecule has 0 aliphatic rings. The summed E-state index contributed by atoms with van der Waals surface area (Å²) in [6, 6.07) is 5.50. The van der Waals surface area contributed by atoms with Crippen molar-refractivity contribution in [1.29, 1.82) is 0 Å². The van der Waals surface area contributed by atoms with Gasteiger partial charge in [0.1, 0.15) is 0 Å². The minimum atomic E-state index is -0.00582. The van der Waals surface area contributed by atoms with Gasteiger partial charge >= 0.3 is 0 Å². The van der Waals surface area contributed by atoms with E-state index in [0.29, 0.717) is 5.56 Å². The Balaban J connectivity index is 2.52. The van der Waals surface area contributed by atoms with Crippen LogP contribution in [0.1, 0.15) is 10.4 Å². The number of benzene rings is 1. The summed E-state index contributed by atoms with van der Waals surface area (Å²) in [6.07, 6.45) is 3.33. The van der Waals surface area contributed by atoms with Crippen molar-refractivity contribution < 1.29 is 4.79 Å². The Labute approximate surface area is 87.5 Å². The molecule has 0 saturated heterocycles. The maximum Gasteiger partial charge on any atom is 0.253 e. The van der Waals surface area contributed by atoms with Gasteiger partial charge in [-0.15, -0.1) is 0 Å². The zero-order valence-electron chi connectivity index (χ0n) is 8.64. The SMILES string of the molecule is CN(C)C(=O)c1ccc2cnncc2c1. The second kappa shape index (κ2) is 3.65. The largest absolute Gasteiger partial charge is 0.345 e. The van der Waals surface area contributed by atoms with Crippen molar-refractivity contribution in [3.8, 4) is 0 Å². The summed E-state index contributed by atoms with van der Waals surface area (Å²) in [6.45, 7) is 0. The molecule has 4 heteroatoms. The molecule has 4 nitrogen and oxygen atoms in total. The van der Waals surface area contributed by atoms with E-state index in [1.165, 1.54) is 0 Å². The van der Waals surface area contributed by atoms with E-state index >= 15 is 0 Å². The summed E-state index contributed by atoms with van der Waals surface area (Å²) < 4.78 is 0. The maximum absolute atomic E-state index is 11.7. The number of hydrogen-bond acceptors (Lipinski definition) is 3. The maximum atomic E-state index is 11.7. The molecule has 1 heterocycles. The van der Waals surface area contributed by atoms with Crippen LogP contribution in [0.3, 0.4) is 0 Å². The summed E-state index contributed by atoms with van der Waals surface area (Å²) in [5, 5.41) is 9.48. The molecule has 15 heavy (non-hydrogen) atoms. The summed E-state index contributed by atoms with van der Waals surface area (Å²) >= 11 is 0. The highest BCUT2D eigenvalue weighted by Gasteiger charge is 2.07. The van der Waals surface area contributed by atoms with Gasteiger partial charge in [-0.05, 0) is 12.1 Å². The van der Waals surface area contributed by atoms with Gasteiger partial charge in [-0.25, -0.2) is 0 Å². The predicted molar refractivity (Wildman–Crippen MR) is 57.6 cm³/mol. The number of rotatable bonds is 1. The summed E-state index contributed by atoms with van der Waals surface area (Å²) in [5.74, 6) is -0.00582. The van der Waals surface area contributed by atoms with Crippen molar-refractivity contribution in [2.45, 2.75) is 0 Å². The Kier molecular flexibility index (Phi) is 2.33. The van der Waals surface area contributed by atoms with Crippen LogP contribution in [0.15, 0.2) is 30.6 Å². The van der Waals surface area contributed by atoms with Crippen LogP contribution in [0.25, 0.3) is 10.8 Å². The normalized spacial score (nSPS) is 10.3. The average Bonchev–Trinajstić information content (AvgIpc) is 2.27. The Morgan fingerprint density at radius 1 is 1.13 bits per heavy atom. The van der Waals surface area contributed by atoms with Crippen molar-refractivity contribution in [2.24, 2.45) is 0 Å². The quantitative estimate of drug-likeness (QED) is 0.699. The average molecular weight is 201 g/mol. The van der Waals surface area contributed by atoms with Gasteiger partial charge in [0.15, 0.2) is 0 Å². The molecule has 0 atom stereocenters. The third kappa shape index (κ3) is 1.79. The van der Waals surface area contributed by atoms with Gasteiger partial charge in [0.05, 0.1) is 12.4 Å². The lowest BCUT2D eigenvalue weighted by Gasteiger charge is -2.10. The van der Waals surface area contributed by atoms with E-state index < -0.39 is 0 Å². The van der Waals surface area contributed by atoms with Crippen LogP contribution in [-0.4, -0.2) is 35.1 Å². The van der Waals surface area contributed by atoms with Gasteiger partial charge in [-0.3, -0.25) is 4.79 Å². The standard InChI is InChI=1S/C11H11N3O/c1-14(2)11(15)8-3-4-9-6-12-13-7-10(9)5-8/h3-7H,1-2H3. The van der Waals surface area contributed by atoms with Crippen LogP contribution >= 0.6 is 0 Å². The minimum Gasteiger partial charge on any atom is -0.345 e. The number of carbonyl (C=O) groups is 1. The van der Waals surface area contributed by atoms with Crippen LogP contribution in [-0.2, 0) is 0 Å². The van der Waals surface area contributed by atoms with E-state index in [1.807, 2.05) is 12.1 Å². The molecule has 0 aliphatic carbocycles. The summed E-state index contributed by atoms with van der Waals surface area (Å²) in [5.41, 5.74) is 0.667. The fourth-order valence-corrected chi connectivity index (χ4v) is 1.39. The zero-order valence-corrected chi connectivity index (χ0v) is 8.64. The van der Waals surface area contributed by atoms with E-state index in [1.54, 1.807) is 37.5 Å². The van der Waals surface area contributed by atoms with Gasteiger partial charge < -0.3 is 4.90 Å². The van der Waals surface area contributed by atoms with Gasteiger partial charge in [-0.2, -0.15) is 10.2 Å². The topological polar surface area (TPSA) is 46.1 Å². The first-order chi connectivity index (χ1) is 7.18. The number of nitrogens with zero attached hydrogens (tertiary/aromatic N) is 3. The third-order valence-electron chi connectivity index (χ3n) is 2.20. The number of hydrogen-bond donors (Lipinski definition) is 0. The molecule has 0 bridgehead atoms. The van der Waals surface area contributed by atoms with E-state index in [4.69, 9.17) is 0 Å². The van der Waals surface area contributed by atoms with Gasteiger partial charge in [0.2, 0.25) is 0 Å². The Bertz CT molecular complexity index is 508. The Hall–Kier alpha value is -1.97. The van der Waals surface area contributed by atoms with Crippen LogP contribution in [0.4, 0.5) is 0 Å². The molecule has 0 spiro atoms. The van der Waals surface area contributed by atoms with Crippen LogP contribution in [0, 0.1) is 0 Å². The monoisotopic (exact) mass is 201 g/mol. The first-order valence-electron chi connectivity index (χ1n) is 4.60. The molecule has 2 aromatic rings. The molecular weight excluding hydrogens is 190 g/mol. The highest BCUT2D eigenvalue weighted by atomic mass is 16.2. The third-order valence-corrected chi connectivity index (χ3v) is 2.20. The fraction of sp³-hybridized carbons (Fsp3) is 0.182. The van der Waals surface area contributed by atoms with Crippen LogP contribution in [0.5, 0.6) is 0 Å². The smallest absolute Gasteiger partial charge is 0.253 e. The molecule has 0 N–H and O–H groups in total. The molecular formula is C11H11N3O. The van der Waals surface area contributed by atoms with Crippen molar-refractivity contribution in [3.63, 3.8) is 0 Å². The molecule has 0 saturated carbocycles. The Morgan fingerprint density at radius 3 is 2.47 bits per heavy atom. The van der Waals surface area contributed by atoms with Crippen LogP contribution < -0.4 is 0 Å². The number of fused-ring (bicyclic) bond motifs is 1. The van der Waals surface area contributed by atoms with Gasteiger partial charge in [-0.1, -0.05) is 6.07 Å². The van der Waals surface area contributed by atoms with Crippen molar-refractivity contribution >= 4 is 16.7 Å². The first kappa shape index (κ1) is 9.58. The molecule has 0 fully saturated rings. The number of aromatic nitrogens is 2. The van der Waals surface area contributed by atoms with Crippen molar-refractivity contribution in [3.05, 3.63) is 36.2 Å². The molecule has 0 radical (unpaired) electrons. The van der Waals surface area contributed by atoms with E-state index in [0.717, 1.165) is 10.8 Å². The number of carbonyl (C=O) groups excluding carboxylic acids is 1. The van der Waals surface area contributed by atoms with E-state index in [9.17, 15) is 4.79 Å². The molecule has 1 aromatic heterocycles. The lowest BCUT2D eigenvalue weighted by Crippen LogP contribution is -2.21. The minimum absolute atomic E-state index is 0.00582. The van der Waals surface area contributed by atoms with Crippen molar-refractivity contribution in [2.75, 3.05) is 14.1 Å². The molecule has 0 unspecified atom stereocenters. The molecule has 2 rings (SSSR count). The number of amides is 1. The Morgan fingerprint density at radius 2 is 1.80 bits per heavy atom. The van der Waals surface area contributed by atoms with Crippen molar-refractivity contribution in [1.82, 2.24) is 15.1 Å². The highest BCUT2D eigenvalue weighted by Crippen LogP contribution is 2.14.